The van der Waals surface area contributed by atoms with Gasteiger partial charge < -0.3 is 0 Å². The Hall–Kier alpha value is 0.300. The van der Waals surface area contributed by atoms with Gasteiger partial charge in [0.05, 0.1) is 4.58 Å². The molecule has 1 aliphatic heterocycles. The molecule has 0 saturated heterocycles. The maximum absolute atomic E-state index is 5.84. The minimum absolute atomic E-state index is 0.481. The molecule has 2 rings (SSSR count). The Kier molecular flexibility index (Phi) is 3.77. The van der Waals surface area contributed by atoms with E-state index in [0.717, 1.165) is 10.8 Å². The normalized spacial score (nSPS) is 21.0. The summed E-state index contributed by atoms with van der Waals surface area (Å²) >= 11 is 13.8. The number of benzene rings is 1. The average molecular weight is 261 g/mol. The largest absolute Gasteiger partial charge is 0.174 e. The molecule has 0 aromatic heterocycles. The Balaban J connectivity index is 2.08. The van der Waals surface area contributed by atoms with E-state index >= 15 is 0 Å². The molecule has 0 radical (unpaired) electrons. The molecule has 0 nitrogen and oxygen atoms in total. The first-order chi connectivity index (χ1) is 6.79. The zero-order chi connectivity index (χ0) is 9.97. The quantitative estimate of drug-likeness (QED) is 0.773. The van der Waals surface area contributed by atoms with Crippen molar-refractivity contribution in [1.29, 1.82) is 0 Å². The van der Waals surface area contributed by atoms with Gasteiger partial charge in [-0.2, -0.15) is 12.6 Å². The molecule has 0 saturated carbocycles. The molecule has 14 heavy (non-hydrogen) atoms. The highest BCUT2D eigenvalue weighted by molar-refractivity contribution is 8.22. The summed E-state index contributed by atoms with van der Waals surface area (Å²) in [6, 6.07) is 8.05. The minimum atomic E-state index is 0.481. The van der Waals surface area contributed by atoms with Crippen molar-refractivity contribution in [3.8, 4) is 0 Å². The van der Waals surface area contributed by atoms with Crippen LogP contribution in [0, 0.1) is 0 Å². The van der Waals surface area contributed by atoms with Crippen LogP contribution in [0.3, 0.4) is 0 Å². The lowest BCUT2D eigenvalue weighted by Gasteiger charge is -2.08. The lowest BCUT2D eigenvalue weighted by molar-refractivity contribution is 1.39. The highest BCUT2D eigenvalue weighted by Crippen LogP contribution is 2.50. The Morgan fingerprint density at radius 2 is 2.00 bits per heavy atom. The van der Waals surface area contributed by atoms with Gasteiger partial charge in [0.25, 0.3) is 0 Å². The van der Waals surface area contributed by atoms with Gasteiger partial charge in [-0.05, 0) is 23.1 Å². The predicted molar refractivity (Wildman–Crippen MR) is 71.3 cm³/mol. The third-order valence-electron chi connectivity index (χ3n) is 1.88. The average Bonchev–Trinajstić information content (AvgIpc) is 2.67. The summed E-state index contributed by atoms with van der Waals surface area (Å²) in [4.78, 5) is 1.35. The summed E-state index contributed by atoms with van der Waals surface area (Å²) in [6.07, 6.45) is 0. The van der Waals surface area contributed by atoms with E-state index in [4.69, 9.17) is 11.6 Å². The number of hydrogen-bond acceptors (Lipinski definition) is 3. The second-order valence-corrected chi connectivity index (χ2v) is 6.14. The monoisotopic (exact) mass is 260 g/mol. The molecule has 1 atom stereocenters. The Morgan fingerprint density at radius 1 is 1.29 bits per heavy atom. The second kappa shape index (κ2) is 4.88. The lowest BCUT2D eigenvalue weighted by atomic mass is 10.2. The van der Waals surface area contributed by atoms with Gasteiger partial charge in [0.2, 0.25) is 0 Å². The van der Waals surface area contributed by atoms with Crippen LogP contribution in [0.2, 0.25) is 5.02 Å². The molecule has 1 unspecified atom stereocenters. The summed E-state index contributed by atoms with van der Waals surface area (Å²) < 4.78 is 0.481. The van der Waals surface area contributed by atoms with Gasteiger partial charge in [0, 0.05) is 15.7 Å². The minimum Gasteiger partial charge on any atom is -0.174 e. The van der Waals surface area contributed by atoms with Gasteiger partial charge in [-0.15, -0.1) is 23.5 Å². The van der Waals surface area contributed by atoms with E-state index in [2.05, 4.69) is 30.2 Å². The van der Waals surface area contributed by atoms with Crippen LogP contribution in [0.15, 0.2) is 34.6 Å². The number of thioether (sulfide) groups is 2. The fourth-order valence-corrected chi connectivity index (χ4v) is 4.20. The van der Waals surface area contributed by atoms with Crippen molar-refractivity contribution in [3.63, 3.8) is 0 Å². The summed E-state index contributed by atoms with van der Waals surface area (Å²) in [5, 5.41) is 2.99. The Bertz CT molecular complexity index is 345. The topological polar surface area (TPSA) is 0 Å². The standard InChI is InChI=1S/C10H9ClS3/c11-8-3-1-7(2-4-8)10-13-6-9(5-12)14-10/h1-4,6,10,12H,5H2. The van der Waals surface area contributed by atoms with Gasteiger partial charge in [-0.3, -0.25) is 0 Å². The highest BCUT2D eigenvalue weighted by atomic mass is 35.5. The van der Waals surface area contributed by atoms with Crippen LogP contribution in [-0.4, -0.2) is 5.75 Å². The van der Waals surface area contributed by atoms with Crippen molar-refractivity contribution >= 4 is 47.8 Å². The fraction of sp³-hybridized carbons (Fsp3) is 0.200. The molecule has 0 N–H and O–H groups in total. The SMILES string of the molecule is SCC1=CSC(c2ccc(Cl)cc2)S1. The van der Waals surface area contributed by atoms with E-state index < -0.39 is 0 Å². The van der Waals surface area contributed by atoms with Crippen LogP contribution in [0.5, 0.6) is 0 Å². The Labute approximate surface area is 103 Å². The smallest absolute Gasteiger partial charge is 0.0837 e. The number of rotatable bonds is 2. The maximum atomic E-state index is 5.84. The van der Waals surface area contributed by atoms with Gasteiger partial charge in [0.15, 0.2) is 0 Å². The van der Waals surface area contributed by atoms with Gasteiger partial charge in [-0.1, -0.05) is 23.7 Å². The molecule has 1 aromatic carbocycles. The fourth-order valence-electron chi connectivity index (χ4n) is 1.17. The van der Waals surface area contributed by atoms with Crippen molar-refractivity contribution in [1.82, 2.24) is 0 Å². The molecule has 1 heterocycles. The van der Waals surface area contributed by atoms with Crippen molar-refractivity contribution in [3.05, 3.63) is 45.2 Å². The molecule has 1 aromatic rings. The van der Waals surface area contributed by atoms with Crippen molar-refractivity contribution < 1.29 is 0 Å². The molecule has 0 aliphatic carbocycles. The molecule has 4 heteroatoms. The first kappa shape index (κ1) is 10.8. The third kappa shape index (κ3) is 2.45. The molecular weight excluding hydrogens is 252 g/mol. The van der Waals surface area contributed by atoms with E-state index in [-0.39, 0.29) is 0 Å². The lowest BCUT2D eigenvalue weighted by Crippen LogP contribution is -1.84. The van der Waals surface area contributed by atoms with Crippen molar-refractivity contribution in [2.24, 2.45) is 0 Å². The third-order valence-corrected chi connectivity index (χ3v) is 5.45. The maximum Gasteiger partial charge on any atom is 0.0837 e. The van der Waals surface area contributed by atoms with Gasteiger partial charge >= 0.3 is 0 Å². The number of hydrogen-bond donors (Lipinski definition) is 1. The van der Waals surface area contributed by atoms with Crippen LogP contribution in [0.4, 0.5) is 0 Å². The van der Waals surface area contributed by atoms with E-state index in [1.165, 1.54) is 10.5 Å². The van der Waals surface area contributed by atoms with E-state index in [0.29, 0.717) is 4.58 Å². The van der Waals surface area contributed by atoms with Gasteiger partial charge in [-0.25, -0.2) is 0 Å². The van der Waals surface area contributed by atoms with Crippen LogP contribution in [0.1, 0.15) is 10.1 Å². The van der Waals surface area contributed by atoms with E-state index in [9.17, 15) is 0 Å². The predicted octanol–water partition coefficient (Wildman–Crippen LogP) is 4.59. The zero-order valence-electron chi connectivity index (χ0n) is 7.31. The highest BCUT2D eigenvalue weighted by Gasteiger charge is 2.19. The van der Waals surface area contributed by atoms with E-state index in [1.807, 2.05) is 35.7 Å². The van der Waals surface area contributed by atoms with Gasteiger partial charge in [0.1, 0.15) is 0 Å². The summed E-state index contributed by atoms with van der Waals surface area (Å²) in [5.41, 5.74) is 1.32. The molecule has 0 amide bonds. The number of thiol groups is 1. The van der Waals surface area contributed by atoms with Crippen LogP contribution < -0.4 is 0 Å². The van der Waals surface area contributed by atoms with Crippen molar-refractivity contribution in [2.75, 3.05) is 5.75 Å². The summed E-state index contributed by atoms with van der Waals surface area (Å²) in [6.45, 7) is 0. The molecule has 74 valence electrons. The van der Waals surface area contributed by atoms with Crippen molar-refractivity contribution in [2.45, 2.75) is 4.58 Å². The summed E-state index contributed by atoms with van der Waals surface area (Å²) in [7, 11) is 0. The first-order valence-corrected chi connectivity index (χ1v) is 7.00. The number of halogens is 1. The molecule has 0 spiro atoms. The second-order valence-electron chi connectivity index (χ2n) is 2.88. The molecule has 0 fully saturated rings. The van der Waals surface area contributed by atoms with Crippen LogP contribution in [0.25, 0.3) is 0 Å². The molecule has 0 bridgehead atoms. The van der Waals surface area contributed by atoms with Crippen LogP contribution in [-0.2, 0) is 0 Å². The molecular formula is C10H9ClS3. The molecule has 1 aliphatic rings. The van der Waals surface area contributed by atoms with Crippen LogP contribution >= 0.6 is 47.8 Å². The van der Waals surface area contributed by atoms with E-state index in [1.54, 1.807) is 0 Å². The zero-order valence-corrected chi connectivity index (χ0v) is 10.6. The first-order valence-electron chi connectivity index (χ1n) is 4.17. The Morgan fingerprint density at radius 3 is 2.57 bits per heavy atom. The summed E-state index contributed by atoms with van der Waals surface area (Å²) in [5.74, 6) is 0.835.